The number of pyridine rings is 1. The lowest BCUT2D eigenvalue weighted by molar-refractivity contribution is 0.302. The third-order valence-electron chi connectivity index (χ3n) is 2.68. The van der Waals surface area contributed by atoms with Gasteiger partial charge in [0.05, 0.1) is 5.69 Å². The van der Waals surface area contributed by atoms with Gasteiger partial charge >= 0.3 is 0 Å². The number of aryl methyl sites for hydroxylation is 1. The summed E-state index contributed by atoms with van der Waals surface area (Å²) in [4.78, 5) is 4.13. The molecule has 0 spiro atoms. The smallest absolute Gasteiger partial charge is 0.141 e. The first-order valence-corrected chi connectivity index (χ1v) is 5.72. The van der Waals surface area contributed by atoms with Gasteiger partial charge in [-0.05, 0) is 36.8 Å². The van der Waals surface area contributed by atoms with Gasteiger partial charge < -0.3 is 10.5 Å². The van der Waals surface area contributed by atoms with E-state index in [-0.39, 0.29) is 12.4 Å². The Morgan fingerprint density at radius 1 is 1.33 bits per heavy atom. The maximum absolute atomic E-state index is 13.3. The summed E-state index contributed by atoms with van der Waals surface area (Å²) in [5.74, 6) is 0.454. The summed E-state index contributed by atoms with van der Waals surface area (Å²) < 4.78 is 18.9. The summed E-state index contributed by atoms with van der Waals surface area (Å²) in [5, 5.41) is 0. The van der Waals surface area contributed by atoms with E-state index in [9.17, 15) is 4.39 Å². The number of halogens is 1. The van der Waals surface area contributed by atoms with Crippen LogP contribution in [0.1, 0.15) is 16.8 Å². The van der Waals surface area contributed by atoms with E-state index in [1.807, 2.05) is 19.1 Å². The van der Waals surface area contributed by atoms with Crippen molar-refractivity contribution in [3.8, 4) is 5.75 Å². The third-order valence-corrected chi connectivity index (χ3v) is 2.68. The lowest BCUT2D eigenvalue weighted by Crippen LogP contribution is -2.03. The van der Waals surface area contributed by atoms with Crippen LogP contribution in [-0.2, 0) is 13.2 Å². The molecule has 1 aromatic carbocycles. The Balaban J connectivity index is 2.09. The first kappa shape index (κ1) is 12.5. The van der Waals surface area contributed by atoms with Gasteiger partial charge in [-0.15, -0.1) is 0 Å². The summed E-state index contributed by atoms with van der Waals surface area (Å²) in [6, 6.07) is 8.51. The van der Waals surface area contributed by atoms with E-state index in [0.717, 1.165) is 17.0 Å². The molecule has 2 rings (SSSR count). The maximum Gasteiger partial charge on any atom is 0.141 e. The van der Waals surface area contributed by atoms with Crippen molar-refractivity contribution in [3.05, 3.63) is 59.2 Å². The number of nitrogens with zero attached hydrogens (tertiary/aromatic N) is 1. The molecule has 0 saturated heterocycles. The Morgan fingerprint density at radius 3 is 2.89 bits per heavy atom. The lowest BCUT2D eigenvalue weighted by atomic mass is 10.1. The normalized spacial score (nSPS) is 10.4. The van der Waals surface area contributed by atoms with Gasteiger partial charge in [0.1, 0.15) is 18.2 Å². The van der Waals surface area contributed by atoms with Gasteiger partial charge in [0.15, 0.2) is 0 Å². The fraction of sp³-hybridized carbons (Fsp3) is 0.214. The number of aromatic nitrogens is 1. The van der Waals surface area contributed by atoms with E-state index in [4.69, 9.17) is 10.5 Å². The van der Waals surface area contributed by atoms with Crippen LogP contribution < -0.4 is 10.5 Å². The van der Waals surface area contributed by atoms with Crippen LogP contribution in [0.25, 0.3) is 0 Å². The number of nitrogens with two attached hydrogens (primary N) is 1. The van der Waals surface area contributed by atoms with Gasteiger partial charge in [-0.25, -0.2) is 4.39 Å². The summed E-state index contributed by atoms with van der Waals surface area (Å²) in [5.41, 5.74) is 7.68. The first-order valence-electron chi connectivity index (χ1n) is 5.72. The molecule has 0 saturated carbocycles. The van der Waals surface area contributed by atoms with Gasteiger partial charge in [-0.2, -0.15) is 0 Å². The van der Waals surface area contributed by atoms with Crippen LogP contribution in [0.15, 0.2) is 36.5 Å². The molecule has 4 heteroatoms. The molecular formula is C14H15FN2O. The average Bonchev–Trinajstić information content (AvgIpc) is 2.39. The first-order chi connectivity index (χ1) is 8.70. The molecule has 0 amide bonds. The highest BCUT2D eigenvalue weighted by molar-refractivity contribution is 5.28. The summed E-state index contributed by atoms with van der Waals surface area (Å²) >= 11 is 0. The number of ether oxygens (including phenoxy) is 1. The summed E-state index contributed by atoms with van der Waals surface area (Å²) in [7, 11) is 0. The van der Waals surface area contributed by atoms with Crippen molar-refractivity contribution >= 4 is 0 Å². The van der Waals surface area contributed by atoms with E-state index in [1.54, 1.807) is 18.3 Å². The summed E-state index contributed by atoms with van der Waals surface area (Å²) in [6.45, 7) is 2.44. The molecule has 1 heterocycles. The van der Waals surface area contributed by atoms with E-state index in [2.05, 4.69) is 4.98 Å². The van der Waals surface area contributed by atoms with E-state index in [1.165, 1.54) is 6.07 Å². The van der Waals surface area contributed by atoms with Gasteiger partial charge in [0, 0.05) is 18.3 Å². The quantitative estimate of drug-likeness (QED) is 0.902. The molecule has 0 aliphatic carbocycles. The molecule has 0 aliphatic heterocycles. The zero-order valence-electron chi connectivity index (χ0n) is 10.2. The van der Waals surface area contributed by atoms with Crippen LogP contribution in [0.3, 0.4) is 0 Å². The molecule has 0 atom stereocenters. The molecule has 18 heavy (non-hydrogen) atoms. The number of benzene rings is 1. The third kappa shape index (κ3) is 2.84. The fourth-order valence-electron chi connectivity index (χ4n) is 1.66. The maximum atomic E-state index is 13.3. The van der Waals surface area contributed by atoms with Crippen LogP contribution in [-0.4, -0.2) is 4.98 Å². The topological polar surface area (TPSA) is 48.1 Å². The van der Waals surface area contributed by atoms with Crippen LogP contribution >= 0.6 is 0 Å². The lowest BCUT2D eigenvalue weighted by Gasteiger charge is -2.09. The molecule has 2 N–H and O–H groups in total. The molecule has 94 valence electrons. The largest absolute Gasteiger partial charge is 0.487 e. The van der Waals surface area contributed by atoms with Gasteiger partial charge in [0.2, 0.25) is 0 Å². The van der Waals surface area contributed by atoms with E-state index < -0.39 is 0 Å². The van der Waals surface area contributed by atoms with E-state index >= 15 is 0 Å². The van der Waals surface area contributed by atoms with Crippen LogP contribution in [0.4, 0.5) is 4.39 Å². The highest BCUT2D eigenvalue weighted by atomic mass is 19.1. The van der Waals surface area contributed by atoms with Crippen molar-refractivity contribution in [1.82, 2.24) is 4.98 Å². The molecule has 0 fully saturated rings. The van der Waals surface area contributed by atoms with Gasteiger partial charge in [-0.3, -0.25) is 4.98 Å². The Morgan fingerprint density at radius 2 is 2.17 bits per heavy atom. The van der Waals surface area contributed by atoms with Crippen molar-refractivity contribution < 1.29 is 9.13 Å². The monoisotopic (exact) mass is 246 g/mol. The fourth-order valence-corrected chi connectivity index (χ4v) is 1.66. The predicted molar refractivity (Wildman–Crippen MR) is 67.6 cm³/mol. The Labute approximate surface area is 105 Å². The highest BCUT2D eigenvalue weighted by Crippen LogP contribution is 2.17. The van der Waals surface area contributed by atoms with Crippen molar-refractivity contribution in [2.45, 2.75) is 20.1 Å². The molecule has 0 radical (unpaired) electrons. The summed E-state index contributed by atoms with van der Waals surface area (Å²) in [6.07, 6.45) is 1.71. The van der Waals surface area contributed by atoms with Crippen molar-refractivity contribution in [3.63, 3.8) is 0 Å². The predicted octanol–water partition coefficient (Wildman–Crippen LogP) is 2.57. The Kier molecular flexibility index (Phi) is 3.89. The Bertz CT molecular complexity index is 543. The van der Waals surface area contributed by atoms with Crippen LogP contribution in [0, 0.1) is 12.7 Å². The molecule has 0 aliphatic rings. The van der Waals surface area contributed by atoms with Gasteiger partial charge in [0.25, 0.3) is 0 Å². The highest BCUT2D eigenvalue weighted by Gasteiger charge is 2.04. The molecule has 0 unspecified atom stereocenters. The number of hydrogen-bond acceptors (Lipinski definition) is 3. The number of hydrogen-bond donors (Lipinski definition) is 1. The SMILES string of the molecule is Cc1ncccc1OCc1ccc(F)c(CN)c1. The zero-order chi connectivity index (χ0) is 13.0. The second-order valence-corrected chi connectivity index (χ2v) is 4.01. The molecule has 2 aromatic rings. The minimum atomic E-state index is -0.279. The molecule has 3 nitrogen and oxygen atoms in total. The van der Waals surface area contributed by atoms with Crippen molar-refractivity contribution in [2.75, 3.05) is 0 Å². The molecular weight excluding hydrogens is 231 g/mol. The second kappa shape index (κ2) is 5.60. The minimum absolute atomic E-state index is 0.186. The second-order valence-electron chi connectivity index (χ2n) is 4.01. The molecule has 0 bridgehead atoms. The zero-order valence-corrected chi connectivity index (χ0v) is 10.2. The van der Waals surface area contributed by atoms with Crippen molar-refractivity contribution in [1.29, 1.82) is 0 Å². The van der Waals surface area contributed by atoms with Crippen LogP contribution in [0.2, 0.25) is 0 Å². The number of rotatable bonds is 4. The van der Waals surface area contributed by atoms with Crippen molar-refractivity contribution in [2.24, 2.45) is 5.73 Å². The van der Waals surface area contributed by atoms with Crippen LogP contribution in [0.5, 0.6) is 5.75 Å². The molecule has 1 aromatic heterocycles. The van der Waals surface area contributed by atoms with E-state index in [0.29, 0.717) is 12.2 Å². The average molecular weight is 246 g/mol. The Hall–Kier alpha value is -1.94. The van der Waals surface area contributed by atoms with Gasteiger partial charge in [-0.1, -0.05) is 6.07 Å². The minimum Gasteiger partial charge on any atom is -0.487 e. The standard InChI is InChI=1S/C14H15FN2O/c1-10-14(3-2-6-17-10)18-9-11-4-5-13(15)12(7-11)8-16/h2-7H,8-9,16H2,1H3.